The van der Waals surface area contributed by atoms with E-state index in [9.17, 15) is 4.79 Å². The van der Waals surface area contributed by atoms with Crippen molar-refractivity contribution in [2.45, 2.75) is 6.92 Å². The highest BCUT2D eigenvalue weighted by atomic mass is 127. The van der Waals surface area contributed by atoms with E-state index in [0.29, 0.717) is 5.75 Å². The topological polar surface area (TPSA) is 75.7 Å². The Hall–Kier alpha value is -2.55. The largest absolute Gasteiger partial charge is 0.497 e. The number of aromatic nitrogens is 1. The highest BCUT2D eigenvalue weighted by Crippen LogP contribution is 2.25. The smallest absolute Gasteiger partial charge is 0.277 e. The number of nitrogens with zero attached hydrogens (tertiary/aromatic N) is 1. The monoisotopic (exact) mass is 463 g/mol. The molecule has 134 valence electrons. The highest BCUT2D eigenvalue weighted by molar-refractivity contribution is 14.1. The van der Waals surface area contributed by atoms with Crippen molar-refractivity contribution in [2.24, 2.45) is 5.10 Å². The molecular weight excluding hydrogens is 445 g/mol. The van der Waals surface area contributed by atoms with Gasteiger partial charge < -0.3 is 14.5 Å². The van der Waals surface area contributed by atoms with Crippen molar-refractivity contribution >= 4 is 45.6 Å². The standard InChI is InChI=1S/C19H18IN3O3/c1-12-15(14-5-3-4-6-17(14)22-12)10-21-23-19(24)11-26-18-8-7-13(25-2)9-16(18)20/h3-10,22H,11H2,1-2H3,(H,23,24)/b21-10+. The summed E-state index contributed by atoms with van der Waals surface area (Å²) in [6.07, 6.45) is 1.64. The Labute approximate surface area is 164 Å². The van der Waals surface area contributed by atoms with Gasteiger partial charge in [-0.2, -0.15) is 5.10 Å². The predicted molar refractivity (Wildman–Crippen MR) is 110 cm³/mol. The third-order valence-corrected chi connectivity index (χ3v) is 4.67. The van der Waals surface area contributed by atoms with Crippen LogP contribution in [0.2, 0.25) is 0 Å². The van der Waals surface area contributed by atoms with Gasteiger partial charge in [0, 0.05) is 22.2 Å². The summed E-state index contributed by atoms with van der Waals surface area (Å²) in [5.41, 5.74) is 5.47. The summed E-state index contributed by atoms with van der Waals surface area (Å²) in [5.74, 6) is 1.04. The molecule has 2 aromatic carbocycles. The lowest BCUT2D eigenvalue weighted by Gasteiger charge is -2.08. The third-order valence-electron chi connectivity index (χ3n) is 3.82. The normalized spacial score (nSPS) is 11.0. The molecule has 0 aliphatic carbocycles. The van der Waals surface area contributed by atoms with Crippen molar-refractivity contribution in [3.63, 3.8) is 0 Å². The van der Waals surface area contributed by atoms with Gasteiger partial charge in [-0.15, -0.1) is 0 Å². The van der Waals surface area contributed by atoms with Gasteiger partial charge in [0.05, 0.1) is 16.9 Å². The van der Waals surface area contributed by atoms with Gasteiger partial charge in [-0.1, -0.05) is 18.2 Å². The van der Waals surface area contributed by atoms with Gasteiger partial charge >= 0.3 is 0 Å². The molecule has 0 radical (unpaired) electrons. The average molecular weight is 463 g/mol. The molecule has 0 spiro atoms. The van der Waals surface area contributed by atoms with Gasteiger partial charge in [-0.05, 0) is 53.8 Å². The second kappa shape index (κ2) is 8.22. The summed E-state index contributed by atoms with van der Waals surface area (Å²) < 4.78 is 11.5. The van der Waals surface area contributed by atoms with Crippen LogP contribution in [-0.4, -0.2) is 30.8 Å². The van der Waals surface area contributed by atoms with Gasteiger partial charge in [0.1, 0.15) is 11.5 Å². The fourth-order valence-electron chi connectivity index (χ4n) is 2.53. The first-order valence-corrected chi connectivity index (χ1v) is 9.02. The maximum Gasteiger partial charge on any atom is 0.277 e. The molecular formula is C19H18IN3O3. The van der Waals surface area contributed by atoms with E-state index in [4.69, 9.17) is 9.47 Å². The molecule has 6 nitrogen and oxygen atoms in total. The molecule has 0 bridgehead atoms. The van der Waals surface area contributed by atoms with E-state index >= 15 is 0 Å². The van der Waals surface area contributed by atoms with Crippen molar-refractivity contribution in [3.05, 3.63) is 57.3 Å². The number of nitrogens with one attached hydrogen (secondary N) is 2. The molecule has 0 aliphatic heterocycles. The van der Waals surface area contributed by atoms with Crippen LogP contribution in [0.25, 0.3) is 10.9 Å². The van der Waals surface area contributed by atoms with E-state index in [2.05, 4.69) is 38.1 Å². The third kappa shape index (κ3) is 4.16. The Morgan fingerprint density at radius 1 is 1.31 bits per heavy atom. The number of ether oxygens (including phenoxy) is 2. The number of fused-ring (bicyclic) bond motifs is 1. The number of para-hydroxylation sites is 1. The Kier molecular flexibility index (Phi) is 5.77. The molecule has 0 saturated carbocycles. The first-order chi connectivity index (χ1) is 12.6. The second-order valence-corrected chi connectivity index (χ2v) is 6.75. The van der Waals surface area contributed by atoms with Crippen LogP contribution in [0.3, 0.4) is 0 Å². The molecule has 0 unspecified atom stereocenters. The summed E-state index contributed by atoms with van der Waals surface area (Å²) >= 11 is 2.13. The van der Waals surface area contributed by atoms with Gasteiger partial charge in [0.2, 0.25) is 0 Å². The summed E-state index contributed by atoms with van der Waals surface area (Å²) in [4.78, 5) is 15.2. The first kappa shape index (κ1) is 18.2. The lowest BCUT2D eigenvalue weighted by Crippen LogP contribution is -2.24. The first-order valence-electron chi connectivity index (χ1n) is 7.94. The van der Waals surface area contributed by atoms with E-state index in [1.165, 1.54) is 0 Å². The second-order valence-electron chi connectivity index (χ2n) is 5.59. The average Bonchev–Trinajstić information content (AvgIpc) is 2.96. The van der Waals surface area contributed by atoms with Gasteiger partial charge in [-0.3, -0.25) is 4.79 Å². The highest BCUT2D eigenvalue weighted by Gasteiger charge is 2.07. The number of hydrogen-bond acceptors (Lipinski definition) is 4. The van der Waals surface area contributed by atoms with Crippen LogP contribution >= 0.6 is 22.6 Å². The van der Waals surface area contributed by atoms with Crippen molar-refractivity contribution < 1.29 is 14.3 Å². The predicted octanol–water partition coefficient (Wildman–Crippen LogP) is 3.62. The van der Waals surface area contributed by atoms with Gasteiger partial charge in [0.25, 0.3) is 5.91 Å². The van der Waals surface area contributed by atoms with Crippen molar-refractivity contribution in [2.75, 3.05) is 13.7 Å². The number of aryl methyl sites for hydroxylation is 1. The Bertz CT molecular complexity index is 966. The van der Waals surface area contributed by atoms with Crippen LogP contribution in [0, 0.1) is 10.5 Å². The number of H-pyrrole nitrogens is 1. The number of benzene rings is 2. The molecule has 2 N–H and O–H groups in total. The van der Waals surface area contributed by atoms with Crippen molar-refractivity contribution in [3.8, 4) is 11.5 Å². The zero-order valence-electron chi connectivity index (χ0n) is 14.4. The van der Waals surface area contributed by atoms with E-state index in [1.807, 2.05) is 37.3 Å². The zero-order chi connectivity index (χ0) is 18.5. The molecule has 3 rings (SSSR count). The Morgan fingerprint density at radius 3 is 2.88 bits per heavy atom. The number of carbonyl (C=O) groups excluding carboxylic acids is 1. The fourth-order valence-corrected chi connectivity index (χ4v) is 3.18. The number of rotatable bonds is 6. The van der Waals surface area contributed by atoms with Crippen LogP contribution in [-0.2, 0) is 4.79 Å². The molecule has 26 heavy (non-hydrogen) atoms. The molecule has 1 amide bonds. The number of carbonyl (C=O) groups is 1. The SMILES string of the molecule is COc1ccc(OCC(=O)N/N=C/c2c(C)[nH]c3ccccc23)c(I)c1. The molecule has 0 fully saturated rings. The molecule has 0 atom stereocenters. The molecule has 0 aliphatic rings. The summed E-state index contributed by atoms with van der Waals surface area (Å²) in [6, 6.07) is 13.3. The molecule has 1 heterocycles. The van der Waals surface area contributed by atoms with Gasteiger partial charge in [-0.25, -0.2) is 5.43 Å². The maximum atomic E-state index is 11.9. The molecule has 7 heteroatoms. The molecule has 3 aromatic rings. The minimum absolute atomic E-state index is 0.119. The number of hydrogen-bond donors (Lipinski definition) is 2. The number of methoxy groups -OCH3 is 1. The molecule has 1 aromatic heterocycles. The van der Waals surface area contributed by atoms with Gasteiger partial charge in [0.15, 0.2) is 6.61 Å². The number of aromatic amines is 1. The summed E-state index contributed by atoms with van der Waals surface area (Å²) in [7, 11) is 1.60. The molecule has 0 saturated heterocycles. The number of hydrazone groups is 1. The van der Waals surface area contributed by atoms with Crippen LogP contribution < -0.4 is 14.9 Å². The van der Waals surface area contributed by atoms with Crippen LogP contribution in [0.1, 0.15) is 11.3 Å². The van der Waals surface area contributed by atoms with Crippen LogP contribution in [0.5, 0.6) is 11.5 Å². The number of amides is 1. The lowest BCUT2D eigenvalue weighted by molar-refractivity contribution is -0.123. The minimum atomic E-state index is -0.328. The van der Waals surface area contributed by atoms with Crippen LogP contribution in [0.4, 0.5) is 0 Å². The lowest BCUT2D eigenvalue weighted by atomic mass is 10.1. The van der Waals surface area contributed by atoms with Crippen molar-refractivity contribution in [1.82, 2.24) is 10.4 Å². The van der Waals surface area contributed by atoms with E-state index in [1.54, 1.807) is 25.5 Å². The summed E-state index contributed by atoms with van der Waals surface area (Å²) in [6.45, 7) is 1.85. The minimum Gasteiger partial charge on any atom is -0.497 e. The van der Waals surface area contributed by atoms with E-state index in [-0.39, 0.29) is 12.5 Å². The Balaban J connectivity index is 1.58. The van der Waals surface area contributed by atoms with E-state index < -0.39 is 0 Å². The fraction of sp³-hybridized carbons (Fsp3) is 0.158. The quantitative estimate of drug-likeness (QED) is 0.333. The summed E-state index contributed by atoms with van der Waals surface area (Å²) in [5, 5.41) is 5.10. The van der Waals surface area contributed by atoms with Crippen molar-refractivity contribution in [1.29, 1.82) is 0 Å². The number of halogens is 1. The Morgan fingerprint density at radius 2 is 2.12 bits per heavy atom. The zero-order valence-corrected chi connectivity index (χ0v) is 16.5. The maximum absolute atomic E-state index is 11.9. The van der Waals surface area contributed by atoms with Crippen LogP contribution in [0.15, 0.2) is 47.6 Å². The van der Waals surface area contributed by atoms with E-state index in [0.717, 1.165) is 31.5 Å².